The van der Waals surface area contributed by atoms with Crippen LogP contribution in [0.25, 0.3) is 0 Å². The molecule has 3 heteroatoms. The van der Waals surface area contributed by atoms with Gasteiger partial charge in [0.05, 0.1) is 0 Å². The van der Waals surface area contributed by atoms with Gasteiger partial charge in [-0.25, -0.2) is 0 Å². The molecule has 0 spiro atoms. The van der Waals surface area contributed by atoms with Crippen molar-refractivity contribution in [1.29, 1.82) is 0 Å². The average molecular weight is 280 g/mol. The van der Waals surface area contributed by atoms with Gasteiger partial charge in [0, 0.05) is 23.5 Å². The highest BCUT2D eigenvalue weighted by Gasteiger charge is 2.32. The zero-order chi connectivity index (χ0) is 11.1. The number of carbonyl (C=O) groups is 1. The molecule has 1 saturated carbocycles. The molecule has 0 unspecified atom stereocenters. The summed E-state index contributed by atoms with van der Waals surface area (Å²) < 4.78 is 1.10. The minimum atomic E-state index is 0.317. The molecule has 1 fully saturated rings. The summed E-state index contributed by atoms with van der Waals surface area (Å²) in [5.41, 5.74) is 2.60. The second-order valence-corrected chi connectivity index (χ2v) is 5.65. The van der Waals surface area contributed by atoms with Gasteiger partial charge in [0.1, 0.15) is 0 Å². The summed E-state index contributed by atoms with van der Waals surface area (Å²) in [5.74, 6) is 0.677. The molecule has 1 heterocycles. The highest BCUT2D eigenvalue weighted by molar-refractivity contribution is 9.10. The largest absolute Gasteiger partial charge is 0.334 e. The average Bonchev–Trinajstić information content (AvgIpc) is 2.57. The highest BCUT2D eigenvalue weighted by Crippen LogP contribution is 2.32. The first-order valence-electron chi connectivity index (χ1n) is 5.80. The number of rotatable bonds is 1. The van der Waals surface area contributed by atoms with E-state index in [4.69, 9.17) is 0 Å². The third kappa shape index (κ3) is 1.67. The molecular weight excluding hydrogens is 266 g/mol. The first-order valence-corrected chi connectivity index (χ1v) is 6.59. The first kappa shape index (κ1) is 10.3. The molecule has 16 heavy (non-hydrogen) atoms. The number of fused-ring (bicyclic) bond motifs is 1. The predicted octanol–water partition coefficient (Wildman–Crippen LogP) is 3.09. The normalized spacial score (nSPS) is 19.4. The fourth-order valence-corrected chi connectivity index (χ4v) is 2.84. The van der Waals surface area contributed by atoms with Crippen molar-refractivity contribution in [3.05, 3.63) is 33.8 Å². The molecule has 1 aromatic rings. The van der Waals surface area contributed by atoms with E-state index in [2.05, 4.69) is 34.1 Å². The van der Waals surface area contributed by atoms with Crippen molar-refractivity contribution in [2.75, 3.05) is 0 Å². The zero-order valence-electron chi connectivity index (χ0n) is 9.08. The molecule has 0 N–H and O–H groups in total. The minimum absolute atomic E-state index is 0.317. The quantitative estimate of drug-likeness (QED) is 0.774. The van der Waals surface area contributed by atoms with Crippen LogP contribution in [-0.4, -0.2) is 10.8 Å². The Kier molecular flexibility index (Phi) is 2.51. The van der Waals surface area contributed by atoms with E-state index in [1.54, 1.807) is 0 Å². The molecule has 1 aliphatic heterocycles. The van der Waals surface area contributed by atoms with Gasteiger partial charge in [-0.15, -0.1) is 0 Å². The Morgan fingerprint density at radius 1 is 1.25 bits per heavy atom. The van der Waals surface area contributed by atoms with Crippen molar-refractivity contribution in [3.63, 3.8) is 0 Å². The number of hydrogen-bond acceptors (Lipinski definition) is 1. The summed E-state index contributed by atoms with van der Waals surface area (Å²) in [6, 6.07) is 6.30. The molecule has 1 aromatic carbocycles. The van der Waals surface area contributed by atoms with E-state index in [1.165, 1.54) is 17.5 Å². The number of halogens is 1. The maximum absolute atomic E-state index is 12.1. The van der Waals surface area contributed by atoms with E-state index >= 15 is 0 Å². The van der Waals surface area contributed by atoms with Gasteiger partial charge in [-0.1, -0.05) is 28.4 Å². The maximum atomic E-state index is 12.1. The zero-order valence-corrected chi connectivity index (χ0v) is 10.7. The Balaban J connectivity index is 1.77. The molecule has 1 amide bonds. The van der Waals surface area contributed by atoms with Crippen molar-refractivity contribution in [3.8, 4) is 0 Å². The second kappa shape index (κ2) is 3.88. The fourth-order valence-electron chi connectivity index (χ4n) is 2.43. The lowest BCUT2D eigenvalue weighted by atomic mass is 9.84. The van der Waals surface area contributed by atoms with Gasteiger partial charge in [-0.2, -0.15) is 0 Å². The standard InChI is InChI=1S/C13H14BrNO/c14-12-5-4-10-7-15(8-11(10)6-12)13(16)9-2-1-3-9/h4-6,9H,1-3,7-8H2. The maximum Gasteiger partial charge on any atom is 0.226 e. The van der Waals surface area contributed by atoms with Gasteiger partial charge < -0.3 is 4.90 Å². The SMILES string of the molecule is O=C(C1CCC1)N1Cc2ccc(Br)cc2C1. The number of benzene rings is 1. The third-order valence-electron chi connectivity index (χ3n) is 3.66. The first-order chi connectivity index (χ1) is 7.74. The summed E-state index contributed by atoms with van der Waals surface area (Å²) in [4.78, 5) is 14.1. The predicted molar refractivity (Wildman–Crippen MR) is 65.7 cm³/mol. The Bertz CT molecular complexity index is 440. The lowest BCUT2D eigenvalue weighted by Crippen LogP contribution is -2.35. The molecule has 3 rings (SSSR count). The molecule has 2 nitrogen and oxygen atoms in total. The summed E-state index contributed by atoms with van der Waals surface area (Å²) in [5, 5.41) is 0. The monoisotopic (exact) mass is 279 g/mol. The number of nitrogens with zero attached hydrogens (tertiary/aromatic N) is 1. The van der Waals surface area contributed by atoms with Crippen LogP contribution < -0.4 is 0 Å². The number of amides is 1. The van der Waals surface area contributed by atoms with Gasteiger partial charge in [0.15, 0.2) is 0 Å². The van der Waals surface area contributed by atoms with E-state index in [0.29, 0.717) is 11.8 Å². The topological polar surface area (TPSA) is 20.3 Å². The van der Waals surface area contributed by atoms with Crippen molar-refractivity contribution < 1.29 is 4.79 Å². The van der Waals surface area contributed by atoms with Gasteiger partial charge in [0.25, 0.3) is 0 Å². The molecule has 0 aromatic heterocycles. The van der Waals surface area contributed by atoms with Gasteiger partial charge in [-0.3, -0.25) is 4.79 Å². The van der Waals surface area contributed by atoms with Crippen LogP contribution in [0.2, 0.25) is 0 Å². The molecule has 2 aliphatic rings. The van der Waals surface area contributed by atoms with E-state index in [0.717, 1.165) is 30.4 Å². The van der Waals surface area contributed by atoms with Crippen molar-refractivity contribution in [2.24, 2.45) is 5.92 Å². The van der Waals surface area contributed by atoms with Crippen LogP contribution in [0.15, 0.2) is 22.7 Å². The molecule has 0 radical (unpaired) electrons. The number of carbonyl (C=O) groups excluding carboxylic acids is 1. The van der Waals surface area contributed by atoms with Crippen molar-refractivity contribution in [1.82, 2.24) is 4.90 Å². The molecule has 0 bridgehead atoms. The summed E-state index contributed by atoms with van der Waals surface area (Å²) >= 11 is 3.47. The van der Waals surface area contributed by atoms with Crippen LogP contribution in [0.3, 0.4) is 0 Å². The highest BCUT2D eigenvalue weighted by atomic mass is 79.9. The number of hydrogen-bond donors (Lipinski definition) is 0. The Morgan fingerprint density at radius 2 is 2.00 bits per heavy atom. The molecule has 84 valence electrons. The summed E-state index contributed by atoms with van der Waals surface area (Å²) in [7, 11) is 0. The molecule has 1 aliphatic carbocycles. The van der Waals surface area contributed by atoms with E-state index in [9.17, 15) is 4.79 Å². The van der Waals surface area contributed by atoms with Gasteiger partial charge in [0.2, 0.25) is 5.91 Å². The Hall–Kier alpha value is -0.830. The third-order valence-corrected chi connectivity index (χ3v) is 4.15. The Labute approximate surface area is 104 Å². The lowest BCUT2D eigenvalue weighted by molar-refractivity contribution is -0.138. The van der Waals surface area contributed by atoms with Gasteiger partial charge in [-0.05, 0) is 36.1 Å². The smallest absolute Gasteiger partial charge is 0.226 e. The van der Waals surface area contributed by atoms with E-state index in [-0.39, 0.29) is 0 Å². The second-order valence-electron chi connectivity index (χ2n) is 4.74. The fraction of sp³-hybridized carbons (Fsp3) is 0.462. The van der Waals surface area contributed by atoms with Crippen LogP contribution in [0, 0.1) is 5.92 Å². The van der Waals surface area contributed by atoms with E-state index < -0.39 is 0 Å². The van der Waals surface area contributed by atoms with Crippen LogP contribution in [0.1, 0.15) is 30.4 Å². The van der Waals surface area contributed by atoms with Crippen LogP contribution in [0.4, 0.5) is 0 Å². The van der Waals surface area contributed by atoms with Crippen LogP contribution >= 0.6 is 15.9 Å². The molecule has 0 saturated heterocycles. The van der Waals surface area contributed by atoms with Crippen molar-refractivity contribution >= 4 is 21.8 Å². The molecular formula is C13H14BrNO. The minimum Gasteiger partial charge on any atom is -0.334 e. The summed E-state index contributed by atoms with van der Waals surface area (Å²) in [6.07, 6.45) is 3.41. The van der Waals surface area contributed by atoms with Crippen LogP contribution in [0.5, 0.6) is 0 Å². The Morgan fingerprint density at radius 3 is 2.69 bits per heavy atom. The van der Waals surface area contributed by atoms with Crippen molar-refractivity contribution in [2.45, 2.75) is 32.4 Å². The summed E-state index contributed by atoms with van der Waals surface area (Å²) in [6.45, 7) is 1.60. The van der Waals surface area contributed by atoms with E-state index in [1.807, 2.05) is 4.90 Å². The lowest BCUT2D eigenvalue weighted by Gasteiger charge is -2.28. The van der Waals surface area contributed by atoms with Crippen LogP contribution in [-0.2, 0) is 17.9 Å². The van der Waals surface area contributed by atoms with Gasteiger partial charge >= 0.3 is 0 Å². The molecule has 0 atom stereocenters.